The number of hydrogen-bond donors (Lipinski definition) is 2. The zero-order chi connectivity index (χ0) is 17.1. The van der Waals surface area contributed by atoms with Crippen molar-refractivity contribution in [2.24, 2.45) is 0 Å². The Morgan fingerprint density at radius 3 is 2.67 bits per heavy atom. The molecule has 2 N–H and O–H groups in total. The largest absolute Gasteiger partial charge is 0.319 e. The van der Waals surface area contributed by atoms with Gasteiger partial charge in [0.2, 0.25) is 0 Å². The Balaban J connectivity index is 1.96. The summed E-state index contributed by atoms with van der Waals surface area (Å²) in [5.41, 5.74) is 1.88. The van der Waals surface area contributed by atoms with Gasteiger partial charge in [-0.3, -0.25) is 9.89 Å². The molecule has 2 heterocycles. The lowest BCUT2D eigenvalue weighted by Crippen LogP contribution is -2.14. The van der Waals surface area contributed by atoms with Crippen LogP contribution >= 0.6 is 11.3 Å². The lowest BCUT2D eigenvalue weighted by molar-refractivity contribution is 0.102. The van der Waals surface area contributed by atoms with E-state index in [1.807, 2.05) is 24.4 Å². The minimum Gasteiger partial charge on any atom is -0.319 e. The number of halogens is 2. The number of carbonyl (C=O) groups is 1. The van der Waals surface area contributed by atoms with Gasteiger partial charge in [-0.05, 0) is 30.0 Å². The maximum atomic E-state index is 13.3. The molecule has 0 saturated carbocycles. The molecule has 3 rings (SSSR count). The van der Waals surface area contributed by atoms with Crippen molar-refractivity contribution in [3.63, 3.8) is 0 Å². The fourth-order valence-corrected chi connectivity index (χ4v) is 3.13. The lowest BCUT2D eigenvalue weighted by atomic mass is 10.1. The number of H-pyrrole nitrogens is 1. The van der Waals surface area contributed by atoms with Crippen LogP contribution in [-0.2, 0) is 6.42 Å². The zero-order valence-corrected chi connectivity index (χ0v) is 13.7. The van der Waals surface area contributed by atoms with E-state index >= 15 is 0 Å². The molecule has 7 heteroatoms. The normalized spacial score (nSPS) is 10.8. The van der Waals surface area contributed by atoms with Gasteiger partial charge in [-0.1, -0.05) is 19.4 Å². The van der Waals surface area contributed by atoms with Crippen LogP contribution in [0.4, 0.5) is 14.5 Å². The third-order valence-electron chi connectivity index (χ3n) is 3.46. The van der Waals surface area contributed by atoms with Gasteiger partial charge >= 0.3 is 0 Å². The van der Waals surface area contributed by atoms with Gasteiger partial charge in [-0.25, -0.2) is 8.78 Å². The second-order valence-corrected chi connectivity index (χ2v) is 6.21. The van der Waals surface area contributed by atoms with Crippen LogP contribution in [0.3, 0.4) is 0 Å². The fraction of sp³-hybridized carbons (Fsp3) is 0.176. The van der Waals surface area contributed by atoms with E-state index in [9.17, 15) is 13.6 Å². The molecule has 4 nitrogen and oxygen atoms in total. The number of aromatic nitrogens is 2. The Morgan fingerprint density at radius 1 is 1.29 bits per heavy atom. The Hall–Kier alpha value is -2.54. The fourth-order valence-electron chi connectivity index (χ4n) is 2.41. The predicted molar refractivity (Wildman–Crippen MR) is 90.2 cm³/mol. The standard InChI is InChI=1S/C17H15F2N3OS/c1-2-4-13-15(16(22-21-13)14-5-3-6-24-14)20-17(23)10-7-11(18)9-12(19)8-10/h3,5-9H,2,4H2,1H3,(H,20,23)(H,21,22). The highest BCUT2D eigenvalue weighted by Gasteiger charge is 2.19. The van der Waals surface area contributed by atoms with Crippen molar-refractivity contribution in [3.8, 4) is 10.6 Å². The van der Waals surface area contributed by atoms with Crippen LogP contribution in [0.15, 0.2) is 35.7 Å². The first-order valence-electron chi connectivity index (χ1n) is 7.47. The number of hydrogen-bond acceptors (Lipinski definition) is 3. The number of carbonyl (C=O) groups excluding carboxylic acids is 1. The Morgan fingerprint density at radius 2 is 2.04 bits per heavy atom. The van der Waals surface area contributed by atoms with Gasteiger partial charge in [0.15, 0.2) is 0 Å². The molecular weight excluding hydrogens is 332 g/mol. The quantitative estimate of drug-likeness (QED) is 0.707. The molecule has 1 aromatic carbocycles. The van der Waals surface area contributed by atoms with Gasteiger partial charge in [0.1, 0.15) is 17.3 Å². The maximum absolute atomic E-state index is 13.3. The number of amides is 1. The van der Waals surface area contributed by atoms with E-state index in [2.05, 4.69) is 15.5 Å². The van der Waals surface area contributed by atoms with Crippen LogP contribution in [0.5, 0.6) is 0 Å². The second kappa shape index (κ2) is 6.92. The summed E-state index contributed by atoms with van der Waals surface area (Å²) in [7, 11) is 0. The van der Waals surface area contributed by atoms with E-state index < -0.39 is 17.5 Å². The van der Waals surface area contributed by atoms with Crippen molar-refractivity contribution >= 4 is 22.9 Å². The SMILES string of the molecule is CCCc1[nH]nc(-c2cccs2)c1NC(=O)c1cc(F)cc(F)c1. The molecule has 1 amide bonds. The maximum Gasteiger partial charge on any atom is 0.255 e. The molecule has 2 aromatic heterocycles. The highest BCUT2D eigenvalue weighted by molar-refractivity contribution is 7.13. The van der Waals surface area contributed by atoms with Crippen molar-refractivity contribution in [2.75, 3.05) is 5.32 Å². The topological polar surface area (TPSA) is 57.8 Å². The molecule has 0 fully saturated rings. The molecule has 0 aliphatic heterocycles. The van der Waals surface area contributed by atoms with Crippen LogP contribution in [0.2, 0.25) is 0 Å². The van der Waals surface area contributed by atoms with E-state index in [-0.39, 0.29) is 5.56 Å². The average molecular weight is 347 g/mol. The van der Waals surface area contributed by atoms with E-state index in [0.29, 0.717) is 17.8 Å². The van der Waals surface area contributed by atoms with Gasteiger partial charge in [0.25, 0.3) is 5.91 Å². The van der Waals surface area contributed by atoms with Gasteiger partial charge in [-0.15, -0.1) is 11.3 Å². The van der Waals surface area contributed by atoms with Crippen molar-refractivity contribution in [1.29, 1.82) is 0 Å². The van der Waals surface area contributed by atoms with Crippen molar-refractivity contribution in [2.45, 2.75) is 19.8 Å². The molecule has 24 heavy (non-hydrogen) atoms. The van der Waals surface area contributed by atoms with Gasteiger partial charge in [0, 0.05) is 11.6 Å². The number of benzene rings is 1. The van der Waals surface area contributed by atoms with Gasteiger partial charge in [-0.2, -0.15) is 5.10 Å². The Labute approximate surface area is 141 Å². The molecule has 0 saturated heterocycles. The molecule has 0 atom stereocenters. The summed E-state index contributed by atoms with van der Waals surface area (Å²) in [4.78, 5) is 13.3. The van der Waals surface area contributed by atoms with Crippen LogP contribution in [0.1, 0.15) is 29.4 Å². The molecular formula is C17H15F2N3OS. The van der Waals surface area contributed by atoms with Crippen LogP contribution in [0.25, 0.3) is 10.6 Å². The molecule has 0 radical (unpaired) electrons. The Kier molecular flexibility index (Phi) is 4.71. The number of nitrogens with zero attached hydrogens (tertiary/aromatic N) is 1. The van der Waals surface area contributed by atoms with E-state index in [1.54, 1.807) is 0 Å². The van der Waals surface area contributed by atoms with E-state index in [0.717, 1.165) is 35.2 Å². The summed E-state index contributed by atoms with van der Waals surface area (Å²) in [5, 5.41) is 11.9. The monoisotopic (exact) mass is 347 g/mol. The van der Waals surface area contributed by atoms with Crippen molar-refractivity contribution in [1.82, 2.24) is 10.2 Å². The first-order valence-corrected chi connectivity index (χ1v) is 8.35. The van der Waals surface area contributed by atoms with Crippen molar-refractivity contribution < 1.29 is 13.6 Å². The number of rotatable bonds is 5. The molecule has 0 spiro atoms. The smallest absolute Gasteiger partial charge is 0.255 e. The van der Waals surface area contributed by atoms with Crippen LogP contribution in [-0.4, -0.2) is 16.1 Å². The molecule has 3 aromatic rings. The highest BCUT2D eigenvalue weighted by Crippen LogP contribution is 2.33. The summed E-state index contributed by atoms with van der Waals surface area (Å²) in [5.74, 6) is -2.16. The summed E-state index contributed by atoms with van der Waals surface area (Å²) in [6, 6.07) is 6.52. The first kappa shape index (κ1) is 16.3. The first-order chi connectivity index (χ1) is 11.6. The summed E-state index contributed by atoms with van der Waals surface area (Å²) in [6.07, 6.45) is 1.56. The molecule has 124 valence electrons. The third kappa shape index (κ3) is 3.35. The molecule has 0 aliphatic carbocycles. The highest BCUT2D eigenvalue weighted by atomic mass is 32.1. The average Bonchev–Trinajstić information content (AvgIpc) is 3.17. The molecule has 0 unspecified atom stereocenters. The minimum absolute atomic E-state index is 0.0757. The minimum atomic E-state index is -0.792. The van der Waals surface area contributed by atoms with Crippen LogP contribution < -0.4 is 5.32 Å². The summed E-state index contributed by atoms with van der Waals surface area (Å²) < 4.78 is 26.7. The van der Waals surface area contributed by atoms with Crippen LogP contribution in [0, 0.1) is 11.6 Å². The lowest BCUT2D eigenvalue weighted by Gasteiger charge is -2.08. The van der Waals surface area contributed by atoms with Gasteiger partial charge < -0.3 is 5.32 Å². The Bertz CT molecular complexity index is 839. The summed E-state index contributed by atoms with van der Waals surface area (Å²) >= 11 is 1.50. The molecule has 0 bridgehead atoms. The number of thiophene rings is 1. The predicted octanol–water partition coefficient (Wildman–Crippen LogP) is 4.62. The zero-order valence-electron chi connectivity index (χ0n) is 12.9. The van der Waals surface area contributed by atoms with Crippen molar-refractivity contribution in [3.05, 3.63) is 58.6 Å². The third-order valence-corrected chi connectivity index (χ3v) is 4.34. The number of aromatic amines is 1. The number of anilines is 1. The van der Waals surface area contributed by atoms with E-state index in [4.69, 9.17) is 0 Å². The second-order valence-electron chi connectivity index (χ2n) is 5.27. The number of nitrogens with one attached hydrogen (secondary N) is 2. The van der Waals surface area contributed by atoms with E-state index in [1.165, 1.54) is 11.3 Å². The summed E-state index contributed by atoms with van der Waals surface area (Å²) in [6.45, 7) is 2.01. The number of aryl methyl sites for hydroxylation is 1. The van der Waals surface area contributed by atoms with Gasteiger partial charge in [0.05, 0.1) is 16.3 Å². The molecule has 0 aliphatic rings.